The zero-order valence-corrected chi connectivity index (χ0v) is 13.8. The van der Waals surface area contributed by atoms with Gasteiger partial charge in [-0.15, -0.1) is 0 Å². The zero-order valence-electron chi connectivity index (χ0n) is 13.8. The van der Waals surface area contributed by atoms with E-state index in [1.807, 2.05) is 11.7 Å². The molecule has 1 aliphatic carbocycles. The highest BCUT2D eigenvalue weighted by molar-refractivity contribution is 5.31. The van der Waals surface area contributed by atoms with Crippen LogP contribution in [0.5, 0.6) is 5.75 Å². The molecule has 0 amide bonds. The van der Waals surface area contributed by atoms with Crippen LogP contribution in [0.4, 0.5) is 0 Å². The SMILES string of the molecule is CCCNC(c1c(OC)cnn1C)C1(OCC)CCCC1. The molecule has 0 aromatic carbocycles. The minimum atomic E-state index is -0.134. The lowest BCUT2D eigenvalue weighted by Gasteiger charge is -2.38. The van der Waals surface area contributed by atoms with Crippen molar-refractivity contribution in [2.45, 2.75) is 57.6 Å². The van der Waals surface area contributed by atoms with E-state index >= 15 is 0 Å². The maximum Gasteiger partial charge on any atom is 0.161 e. The van der Waals surface area contributed by atoms with Crippen molar-refractivity contribution in [1.82, 2.24) is 15.1 Å². The molecule has 1 heterocycles. The Morgan fingerprint density at radius 3 is 2.67 bits per heavy atom. The molecule has 21 heavy (non-hydrogen) atoms. The molecule has 1 saturated carbocycles. The summed E-state index contributed by atoms with van der Waals surface area (Å²) in [6.07, 6.45) is 7.53. The zero-order chi connectivity index (χ0) is 15.3. The molecule has 5 nitrogen and oxygen atoms in total. The van der Waals surface area contributed by atoms with Crippen molar-refractivity contribution in [2.75, 3.05) is 20.3 Å². The van der Waals surface area contributed by atoms with Crippen LogP contribution in [0.1, 0.15) is 57.7 Å². The molecule has 1 aliphatic rings. The van der Waals surface area contributed by atoms with Crippen molar-refractivity contribution in [2.24, 2.45) is 7.05 Å². The van der Waals surface area contributed by atoms with Crippen molar-refractivity contribution in [1.29, 1.82) is 0 Å². The van der Waals surface area contributed by atoms with E-state index in [0.29, 0.717) is 0 Å². The highest BCUT2D eigenvalue weighted by Crippen LogP contribution is 2.45. The first-order chi connectivity index (χ1) is 10.2. The Hall–Kier alpha value is -1.07. The van der Waals surface area contributed by atoms with Gasteiger partial charge in [-0.2, -0.15) is 5.10 Å². The first kappa shape index (κ1) is 16.3. The molecular formula is C16H29N3O2. The molecule has 1 aromatic heterocycles. The topological polar surface area (TPSA) is 48.3 Å². The molecule has 0 aliphatic heterocycles. The third-order valence-corrected chi connectivity index (χ3v) is 4.45. The maximum atomic E-state index is 6.27. The van der Waals surface area contributed by atoms with Crippen LogP contribution in [0.2, 0.25) is 0 Å². The molecule has 1 unspecified atom stereocenters. The third-order valence-electron chi connectivity index (χ3n) is 4.45. The van der Waals surface area contributed by atoms with Gasteiger partial charge in [-0.05, 0) is 32.7 Å². The fraction of sp³-hybridized carbons (Fsp3) is 0.812. The summed E-state index contributed by atoms with van der Waals surface area (Å²) in [5, 5.41) is 8.06. The molecule has 0 radical (unpaired) electrons. The number of nitrogens with one attached hydrogen (secondary N) is 1. The van der Waals surface area contributed by atoms with Gasteiger partial charge in [0.05, 0.1) is 30.6 Å². The van der Waals surface area contributed by atoms with Crippen LogP contribution < -0.4 is 10.1 Å². The molecule has 1 aromatic rings. The van der Waals surface area contributed by atoms with Crippen LogP contribution in [0, 0.1) is 0 Å². The first-order valence-electron chi connectivity index (χ1n) is 8.11. The lowest BCUT2D eigenvalue weighted by atomic mass is 9.88. The van der Waals surface area contributed by atoms with Gasteiger partial charge in [-0.1, -0.05) is 19.8 Å². The van der Waals surface area contributed by atoms with Gasteiger partial charge in [0.2, 0.25) is 0 Å². The predicted octanol–water partition coefficient (Wildman–Crippen LogP) is 2.82. The van der Waals surface area contributed by atoms with Gasteiger partial charge in [0.15, 0.2) is 5.75 Å². The molecular weight excluding hydrogens is 266 g/mol. The monoisotopic (exact) mass is 295 g/mol. The summed E-state index contributed by atoms with van der Waals surface area (Å²) in [5.41, 5.74) is 0.964. The van der Waals surface area contributed by atoms with Crippen LogP contribution in [0.3, 0.4) is 0 Å². The molecule has 0 bridgehead atoms. The summed E-state index contributed by atoms with van der Waals surface area (Å²) >= 11 is 0. The van der Waals surface area contributed by atoms with Crippen LogP contribution in [-0.2, 0) is 11.8 Å². The van der Waals surface area contributed by atoms with Gasteiger partial charge < -0.3 is 14.8 Å². The Kier molecular flexibility index (Phi) is 5.65. The Morgan fingerprint density at radius 2 is 2.10 bits per heavy atom. The number of aromatic nitrogens is 2. The van der Waals surface area contributed by atoms with E-state index < -0.39 is 0 Å². The van der Waals surface area contributed by atoms with Gasteiger partial charge in [-0.3, -0.25) is 4.68 Å². The maximum absolute atomic E-state index is 6.27. The van der Waals surface area contributed by atoms with E-state index in [9.17, 15) is 0 Å². The smallest absolute Gasteiger partial charge is 0.161 e. The number of hydrogen-bond acceptors (Lipinski definition) is 4. The summed E-state index contributed by atoms with van der Waals surface area (Å²) in [5.74, 6) is 0.845. The molecule has 1 atom stereocenters. The number of aryl methyl sites for hydroxylation is 1. The fourth-order valence-corrected chi connectivity index (χ4v) is 3.51. The van der Waals surface area contributed by atoms with E-state index in [4.69, 9.17) is 9.47 Å². The van der Waals surface area contributed by atoms with Crippen molar-refractivity contribution in [3.05, 3.63) is 11.9 Å². The Balaban J connectivity index is 2.38. The highest BCUT2D eigenvalue weighted by atomic mass is 16.5. The Morgan fingerprint density at radius 1 is 1.38 bits per heavy atom. The van der Waals surface area contributed by atoms with Gasteiger partial charge >= 0.3 is 0 Å². The summed E-state index contributed by atoms with van der Waals surface area (Å²) in [4.78, 5) is 0. The molecule has 120 valence electrons. The second kappa shape index (κ2) is 7.27. The number of ether oxygens (including phenoxy) is 2. The van der Waals surface area contributed by atoms with Crippen LogP contribution in [-0.4, -0.2) is 35.6 Å². The minimum Gasteiger partial charge on any atom is -0.493 e. The molecule has 5 heteroatoms. The second-order valence-corrected chi connectivity index (χ2v) is 5.81. The minimum absolute atomic E-state index is 0.127. The molecule has 2 rings (SSSR count). The molecule has 1 N–H and O–H groups in total. The highest BCUT2D eigenvalue weighted by Gasteiger charge is 2.45. The Labute approximate surface area is 128 Å². The fourth-order valence-electron chi connectivity index (χ4n) is 3.51. The van der Waals surface area contributed by atoms with Crippen LogP contribution in [0.25, 0.3) is 0 Å². The van der Waals surface area contributed by atoms with Crippen molar-refractivity contribution >= 4 is 0 Å². The van der Waals surface area contributed by atoms with E-state index in [0.717, 1.165) is 43.9 Å². The average Bonchev–Trinajstić information content (AvgIpc) is 3.08. The Bertz CT molecular complexity index is 439. The molecule has 0 saturated heterocycles. The average molecular weight is 295 g/mol. The van der Waals surface area contributed by atoms with Gasteiger partial charge in [0.25, 0.3) is 0 Å². The normalized spacial score (nSPS) is 18.9. The van der Waals surface area contributed by atoms with Crippen molar-refractivity contribution in [3.8, 4) is 5.75 Å². The van der Waals surface area contributed by atoms with Gasteiger partial charge in [0.1, 0.15) is 0 Å². The largest absolute Gasteiger partial charge is 0.493 e. The standard InChI is InChI=1S/C16H29N3O2/c1-5-11-17-15(14-13(20-4)12-18-19(14)3)16(21-6-2)9-7-8-10-16/h12,15,17H,5-11H2,1-4H3. The van der Waals surface area contributed by atoms with E-state index in [1.54, 1.807) is 13.3 Å². The first-order valence-corrected chi connectivity index (χ1v) is 8.11. The lowest BCUT2D eigenvalue weighted by molar-refractivity contribution is -0.0647. The van der Waals surface area contributed by atoms with Crippen LogP contribution >= 0.6 is 0 Å². The quantitative estimate of drug-likeness (QED) is 0.801. The number of nitrogens with zero attached hydrogens (tertiary/aromatic N) is 2. The summed E-state index contributed by atoms with van der Waals surface area (Å²) in [6, 6.07) is 0.127. The predicted molar refractivity (Wildman–Crippen MR) is 83.6 cm³/mol. The van der Waals surface area contributed by atoms with Crippen molar-refractivity contribution in [3.63, 3.8) is 0 Å². The second-order valence-electron chi connectivity index (χ2n) is 5.81. The van der Waals surface area contributed by atoms with E-state index in [2.05, 4.69) is 24.3 Å². The van der Waals surface area contributed by atoms with Gasteiger partial charge in [0, 0.05) is 13.7 Å². The third kappa shape index (κ3) is 3.24. The van der Waals surface area contributed by atoms with E-state index in [1.165, 1.54) is 12.8 Å². The number of methoxy groups -OCH3 is 1. The number of rotatable bonds is 8. The summed E-state index contributed by atoms with van der Waals surface area (Å²) in [6.45, 7) is 5.97. The molecule has 0 spiro atoms. The lowest BCUT2D eigenvalue weighted by Crippen LogP contribution is -2.45. The van der Waals surface area contributed by atoms with E-state index in [-0.39, 0.29) is 11.6 Å². The van der Waals surface area contributed by atoms with Crippen LogP contribution in [0.15, 0.2) is 6.20 Å². The number of hydrogen-bond donors (Lipinski definition) is 1. The van der Waals surface area contributed by atoms with Crippen molar-refractivity contribution < 1.29 is 9.47 Å². The van der Waals surface area contributed by atoms with Gasteiger partial charge in [-0.25, -0.2) is 0 Å². The molecule has 1 fully saturated rings. The summed E-state index contributed by atoms with van der Waals surface area (Å²) < 4.78 is 13.7. The summed E-state index contributed by atoms with van der Waals surface area (Å²) in [7, 11) is 3.69.